The fraction of sp³-hybridized carbons (Fsp3) is 0.400. The molecule has 2 aromatic heterocycles. The summed E-state index contributed by atoms with van der Waals surface area (Å²) in [5, 5.41) is 20.1. The maximum atomic E-state index is 13.8. The van der Waals surface area contributed by atoms with E-state index in [1.807, 2.05) is 0 Å². The summed E-state index contributed by atoms with van der Waals surface area (Å²) in [6.07, 6.45) is 0.999. The average Bonchev–Trinajstić information content (AvgIpc) is 3.37. The van der Waals surface area contributed by atoms with Gasteiger partial charge in [-0.3, -0.25) is 14.4 Å². The lowest BCUT2D eigenvalue weighted by Crippen LogP contribution is -2.63. The zero-order valence-corrected chi connectivity index (χ0v) is 21.7. The molecule has 5 rings (SSSR count). The lowest BCUT2D eigenvalue weighted by molar-refractivity contribution is -0.145. The second-order valence-electron chi connectivity index (χ2n) is 9.60. The van der Waals surface area contributed by atoms with Gasteiger partial charge < -0.3 is 29.9 Å². The van der Waals surface area contributed by atoms with Crippen molar-refractivity contribution in [1.82, 2.24) is 24.6 Å². The molecule has 3 N–H and O–H groups in total. The molecule has 11 nitrogen and oxygen atoms in total. The van der Waals surface area contributed by atoms with E-state index in [-0.39, 0.29) is 34.5 Å². The number of morpholine rings is 1. The highest BCUT2D eigenvalue weighted by Crippen LogP contribution is 2.35. The summed E-state index contributed by atoms with van der Waals surface area (Å²) in [7, 11) is 0. The van der Waals surface area contributed by atoms with E-state index in [2.05, 4.69) is 10.2 Å². The third-order valence-electron chi connectivity index (χ3n) is 6.87. The van der Waals surface area contributed by atoms with Crippen LogP contribution in [0.15, 0.2) is 35.3 Å². The van der Waals surface area contributed by atoms with Gasteiger partial charge >= 0.3 is 0 Å². The number of carbonyl (C=O) groups is 2. The number of hydrogen-bond acceptors (Lipinski definition) is 9. The van der Waals surface area contributed by atoms with Gasteiger partial charge in [-0.15, -0.1) is 10.2 Å². The molecule has 38 heavy (non-hydrogen) atoms. The molecule has 2 aliphatic heterocycles. The van der Waals surface area contributed by atoms with Gasteiger partial charge in [-0.1, -0.05) is 23.5 Å². The number of halogens is 1. The summed E-state index contributed by atoms with van der Waals surface area (Å²) in [5.41, 5.74) is 4.40. The molecule has 1 aromatic carbocycles. The van der Waals surface area contributed by atoms with Gasteiger partial charge in [0.1, 0.15) is 16.4 Å². The van der Waals surface area contributed by atoms with Crippen LogP contribution in [0.1, 0.15) is 34.9 Å². The van der Waals surface area contributed by atoms with Crippen LogP contribution in [0.4, 0.5) is 4.39 Å². The number of carbonyl (C=O) groups excluding carboxylic acids is 2. The molecule has 2 atom stereocenters. The van der Waals surface area contributed by atoms with Gasteiger partial charge in [0, 0.05) is 25.7 Å². The first-order valence-electron chi connectivity index (χ1n) is 12.1. The second-order valence-corrected chi connectivity index (χ2v) is 10.7. The van der Waals surface area contributed by atoms with Gasteiger partial charge in [0.15, 0.2) is 16.5 Å². The topological polar surface area (TPSA) is 144 Å². The Bertz CT molecular complexity index is 1450. The van der Waals surface area contributed by atoms with Crippen LogP contribution in [0.3, 0.4) is 0 Å². The smallest absolute Gasteiger partial charge is 0.275 e. The van der Waals surface area contributed by atoms with Crippen molar-refractivity contribution in [1.29, 1.82) is 0 Å². The van der Waals surface area contributed by atoms with E-state index >= 15 is 0 Å². The minimum Gasteiger partial charge on any atom is -0.503 e. The van der Waals surface area contributed by atoms with Gasteiger partial charge in [-0.05, 0) is 31.5 Å². The van der Waals surface area contributed by atoms with Crippen LogP contribution in [0.25, 0.3) is 10.6 Å². The first-order chi connectivity index (χ1) is 18.1. The van der Waals surface area contributed by atoms with E-state index in [0.29, 0.717) is 37.7 Å². The number of nitrogens with two attached hydrogens (primary N) is 1. The van der Waals surface area contributed by atoms with E-state index < -0.39 is 28.8 Å². The summed E-state index contributed by atoms with van der Waals surface area (Å²) < 4.78 is 20.0. The molecule has 2 amide bonds. The molecule has 13 heteroatoms. The molecule has 0 aliphatic carbocycles. The van der Waals surface area contributed by atoms with Gasteiger partial charge in [0.2, 0.25) is 5.43 Å². The fourth-order valence-corrected chi connectivity index (χ4v) is 5.66. The molecular formula is C25H27FN6O5S. The van der Waals surface area contributed by atoms with Gasteiger partial charge in [0.25, 0.3) is 11.8 Å². The Morgan fingerprint density at radius 1 is 1.24 bits per heavy atom. The summed E-state index contributed by atoms with van der Waals surface area (Å²) in [4.78, 5) is 43.4. The van der Waals surface area contributed by atoms with Crippen molar-refractivity contribution >= 4 is 23.2 Å². The molecule has 2 aliphatic rings. The second kappa shape index (κ2) is 9.89. The first-order valence-corrected chi connectivity index (χ1v) is 12.9. The van der Waals surface area contributed by atoms with E-state index in [9.17, 15) is 23.9 Å². The lowest BCUT2D eigenvalue weighted by Gasteiger charge is -2.46. The van der Waals surface area contributed by atoms with Crippen molar-refractivity contribution in [3.05, 3.63) is 62.8 Å². The van der Waals surface area contributed by atoms with Crippen LogP contribution in [0.5, 0.6) is 5.75 Å². The summed E-state index contributed by atoms with van der Waals surface area (Å²) >= 11 is 1.13. The monoisotopic (exact) mass is 542 g/mol. The van der Waals surface area contributed by atoms with Crippen molar-refractivity contribution in [2.24, 2.45) is 5.73 Å². The Kier molecular flexibility index (Phi) is 6.75. The Labute approximate surface area is 221 Å². The molecule has 4 heterocycles. The number of ether oxygens (including phenoxy) is 1. The molecule has 0 saturated carbocycles. The van der Waals surface area contributed by atoms with E-state index in [4.69, 9.17) is 10.5 Å². The van der Waals surface area contributed by atoms with E-state index in [1.165, 1.54) is 27.8 Å². The molecule has 0 radical (unpaired) electrons. The minimum atomic E-state index is -1.37. The Morgan fingerprint density at radius 2 is 1.92 bits per heavy atom. The maximum absolute atomic E-state index is 13.8. The number of benzene rings is 1. The summed E-state index contributed by atoms with van der Waals surface area (Å²) in [5.74, 6) is -2.07. The van der Waals surface area contributed by atoms with Gasteiger partial charge in [-0.2, -0.15) is 0 Å². The third kappa shape index (κ3) is 4.46. The van der Waals surface area contributed by atoms with Gasteiger partial charge in [0.05, 0.1) is 31.5 Å². The number of pyridine rings is 1. The number of nitrogens with zero attached hydrogens (tertiary/aromatic N) is 5. The van der Waals surface area contributed by atoms with Crippen LogP contribution >= 0.6 is 11.3 Å². The Morgan fingerprint density at radius 3 is 2.58 bits per heavy atom. The van der Waals surface area contributed by atoms with Crippen LogP contribution in [0, 0.1) is 5.82 Å². The molecule has 3 aromatic rings. The predicted octanol–water partition coefficient (Wildman–Crippen LogP) is 1.14. The standard InChI is InChI=1S/C25H27FN6O5S/c1-14(27)31-13-25(2,24(36)30-7-9-37-10-8-30)32-12-17(20(33)21(34)19(32)23(31)35)22-29-28-18(38-22)11-15-3-5-16(26)6-4-15/h3-6,12,14,34H,7-11,13,27H2,1-2H3. The number of aromatic hydroxyl groups is 1. The van der Waals surface area contributed by atoms with Crippen molar-refractivity contribution in [2.75, 3.05) is 32.8 Å². The van der Waals surface area contributed by atoms with Crippen molar-refractivity contribution in [3.8, 4) is 16.3 Å². The zero-order valence-electron chi connectivity index (χ0n) is 20.9. The predicted molar refractivity (Wildman–Crippen MR) is 136 cm³/mol. The molecule has 0 spiro atoms. The maximum Gasteiger partial charge on any atom is 0.275 e. The number of amides is 2. The largest absolute Gasteiger partial charge is 0.503 e. The van der Waals surface area contributed by atoms with E-state index in [1.54, 1.807) is 30.9 Å². The normalized spacial score (nSPS) is 20.4. The lowest BCUT2D eigenvalue weighted by atomic mass is 9.93. The Balaban J connectivity index is 1.60. The van der Waals surface area contributed by atoms with Crippen LogP contribution in [0.2, 0.25) is 0 Å². The van der Waals surface area contributed by atoms with Crippen LogP contribution < -0.4 is 11.2 Å². The molecule has 200 valence electrons. The SMILES string of the molecule is CC(N)N1CC(C)(C(=O)N2CCOCC2)n2cc(-c3nnc(Cc4ccc(F)cc4)s3)c(=O)c(O)c2C1=O. The van der Waals surface area contributed by atoms with Gasteiger partial charge in [-0.25, -0.2) is 4.39 Å². The molecule has 0 bridgehead atoms. The Hall–Kier alpha value is -3.68. The molecule has 1 saturated heterocycles. The average molecular weight is 543 g/mol. The number of aromatic nitrogens is 3. The van der Waals surface area contributed by atoms with Crippen molar-refractivity contribution in [2.45, 2.75) is 32.0 Å². The van der Waals surface area contributed by atoms with Crippen LogP contribution in [-0.2, 0) is 21.5 Å². The third-order valence-corrected chi connectivity index (χ3v) is 7.83. The summed E-state index contributed by atoms with van der Waals surface area (Å²) in [6.45, 7) is 4.71. The number of fused-ring (bicyclic) bond motifs is 1. The molecule has 2 unspecified atom stereocenters. The van der Waals surface area contributed by atoms with Crippen molar-refractivity contribution < 1.29 is 23.8 Å². The molecule has 1 fully saturated rings. The number of hydrogen-bond donors (Lipinski definition) is 2. The number of rotatable bonds is 5. The highest BCUT2D eigenvalue weighted by molar-refractivity contribution is 7.14. The highest BCUT2D eigenvalue weighted by atomic mass is 32.1. The van der Waals surface area contributed by atoms with Crippen LogP contribution in [-0.4, -0.2) is 80.5 Å². The minimum absolute atomic E-state index is 0.0113. The quantitative estimate of drug-likeness (QED) is 0.489. The zero-order chi connectivity index (χ0) is 27.2. The van der Waals surface area contributed by atoms with E-state index in [0.717, 1.165) is 16.9 Å². The molecular weight excluding hydrogens is 515 g/mol. The summed E-state index contributed by atoms with van der Waals surface area (Å²) in [6, 6.07) is 5.96. The highest BCUT2D eigenvalue weighted by Gasteiger charge is 2.49. The first kappa shape index (κ1) is 25.9. The fourth-order valence-electron chi connectivity index (χ4n) is 4.78. The van der Waals surface area contributed by atoms with Crippen molar-refractivity contribution in [3.63, 3.8) is 0 Å².